The number of amides is 1. The first kappa shape index (κ1) is 15.4. The fourth-order valence-electron chi connectivity index (χ4n) is 2.17. The first-order chi connectivity index (χ1) is 7.54. The lowest BCUT2D eigenvalue weighted by molar-refractivity contribution is -0.119. The summed E-state index contributed by atoms with van der Waals surface area (Å²) in [5, 5.41) is 3.38. The maximum absolute atomic E-state index is 11.0. The molecule has 1 amide bonds. The molecule has 0 bridgehead atoms. The van der Waals surface area contributed by atoms with Crippen molar-refractivity contribution in [3.8, 4) is 0 Å². The van der Waals surface area contributed by atoms with E-state index in [0.29, 0.717) is 6.42 Å². The minimum absolute atomic E-state index is 0.104. The van der Waals surface area contributed by atoms with Crippen molar-refractivity contribution in [2.45, 2.75) is 71.3 Å². The van der Waals surface area contributed by atoms with Gasteiger partial charge in [-0.3, -0.25) is 4.79 Å². The van der Waals surface area contributed by atoms with Gasteiger partial charge in [0.05, 0.1) is 0 Å². The molecule has 0 aromatic rings. The third-order valence-corrected chi connectivity index (χ3v) is 3.00. The molecule has 3 heteroatoms. The number of nitrogens with one attached hydrogen (secondary N) is 1. The maximum Gasteiger partial charge on any atom is 0.219 e. The quantitative estimate of drug-likeness (QED) is 0.565. The molecule has 0 spiro atoms. The summed E-state index contributed by atoms with van der Waals surface area (Å²) in [5.41, 5.74) is 5.18. The Hall–Kier alpha value is -0.570. The first-order valence-corrected chi connectivity index (χ1v) is 6.57. The van der Waals surface area contributed by atoms with Gasteiger partial charge < -0.3 is 11.1 Å². The molecule has 0 radical (unpaired) electrons. The van der Waals surface area contributed by atoms with Crippen LogP contribution in [0.15, 0.2) is 0 Å². The van der Waals surface area contributed by atoms with E-state index in [0.717, 1.165) is 13.0 Å². The number of carbonyl (C=O) groups excluding carboxylic acids is 1. The van der Waals surface area contributed by atoms with Gasteiger partial charge in [0, 0.05) is 12.0 Å². The molecule has 16 heavy (non-hydrogen) atoms. The predicted molar refractivity (Wildman–Crippen MR) is 69.3 cm³/mol. The SMILES string of the molecule is CCCCCCCC(C)(CC(N)=O)NCC. The number of carbonyl (C=O) groups is 1. The van der Waals surface area contributed by atoms with E-state index in [4.69, 9.17) is 5.73 Å². The van der Waals surface area contributed by atoms with Crippen molar-refractivity contribution in [3.05, 3.63) is 0 Å². The fourth-order valence-corrected chi connectivity index (χ4v) is 2.17. The van der Waals surface area contributed by atoms with Gasteiger partial charge in [0.15, 0.2) is 0 Å². The number of primary amides is 1. The summed E-state index contributed by atoms with van der Waals surface area (Å²) in [6.45, 7) is 7.27. The monoisotopic (exact) mass is 228 g/mol. The smallest absolute Gasteiger partial charge is 0.219 e. The molecule has 3 nitrogen and oxygen atoms in total. The van der Waals surface area contributed by atoms with E-state index in [1.165, 1.54) is 32.1 Å². The number of rotatable bonds is 10. The van der Waals surface area contributed by atoms with Gasteiger partial charge in [0.2, 0.25) is 5.91 Å². The third kappa shape index (κ3) is 7.69. The van der Waals surface area contributed by atoms with E-state index in [-0.39, 0.29) is 11.4 Å². The molecule has 3 N–H and O–H groups in total. The van der Waals surface area contributed by atoms with E-state index in [1.54, 1.807) is 0 Å². The van der Waals surface area contributed by atoms with Crippen LogP contribution in [0.3, 0.4) is 0 Å². The van der Waals surface area contributed by atoms with Crippen LogP contribution in [0.2, 0.25) is 0 Å². The second kappa shape index (κ2) is 8.57. The zero-order valence-electron chi connectivity index (χ0n) is 11.1. The normalized spacial score (nSPS) is 14.7. The van der Waals surface area contributed by atoms with Crippen LogP contribution >= 0.6 is 0 Å². The van der Waals surface area contributed by atoms with E-state index < -0.39 is 0 Å². The van der Waals surface area contributed by atoms with E-state index in [1.807, 2.05) is 0 Å². The molecule has 0 heterocycles. The van der Waals surface area contributed by atoms with Crippen molar-refractivity contribution >= 4 is 5.91 Å². The Bertz CT molecular complexity index is 194. The summed E-state index contributed by atoms with van der Waals surface area (Å²) < 4.78 is 0. The largest absolute Gasteiger partial charge is 0.370 e. The summed E-state index contributed by atoms with van der Waals surface area (Å²) in [7, 11) is 0. The molecule has 1 unspecified atom stereocenters. The Balaban J connectivity index is 3.87. The van der Waals surface area contributed by atoms with Crippen molar-refractivity contribution in [1.29, 1.82) is 0 Å². The Morgan fingerprint density at radius 1 is 1.19 bits per heavy atom. The van der Waals surface area contributed by atoms with Crippen LogP contribution in [0.1, 0.15) is 65.7 Å². The molecular formula is C13H28N2O. The molecule has 1 atom stereocenters. The van der Waals surface area contributed by atoms with Crippen molar-refractivity contribution in [3.63, 3.8) is 0 Å². The molecule has 0 aliphatic heterocycles. The fraction of sp³-hybridized carbons (Fsp3) is 0.923. The second-order valence-electron chi connectivity index (χ2n) is 4.90. The Labute approximate surface area is 100 Å². The van der Waals surface area contributed by atoms with Crippen molar-refractivity contribution in [2.24, 2.45) is 5.73 Å². The summed E-state index contributed by atoms with van der Waals surface area (Å²) in [6, 6.07) is 0. The summed E-state index contributed by atoms with van der Waals surface area (Å²) in [6.07, 6.45) is 7.79. The van der Waals surface area contributed by atoms with Crippen LogP contribution in [0, 0.1) is 0 Å². The highest BCUT2D eigenvalue weighted by Gasteiger charge is 2.24. The van der Waals surface area contributed by atoms with Gasteiger partial charge in [0.25, 0.3) is 0 Å². The van der Waals surface area contributed by atoms with Crippen molar-refractivity contribution in [1.82, 2.24) is 5.32 Å². The van der Waals surface area contributed by atoms with Gasteiger partial charge in [-0.15, -0.1) is 0 Å². The first-order valence-electron chi connectivity index (χ1n) is 6.57. The summed E-state index contributed by atoms with van der Waals surface area (Å²) in [5.74, 6) is -0.211. The van der Waals surface area contributed by atoms with Gasteiger partial charge in [-0.1, -0.05) is 46.0 Å². The molecule has 0 aromatic heterocycles. The highest BCUT2D eigenvalue weighted by Crippen LogP contribution is 2.19. The summed E-state index contributed by atoms with van der Waals surface area (Å²) in [4.78, 5) is 11.0. The number of hydrogen-bond donors (Lipinski definition) is 2. The van der Waals surface area contributed by atoms with Gasteiger partial charge in [-0.25, -0.2) is 0 Å². The molecule has 0 aliphatic rings. The van der Waals surface area contributed by atoms with Gasteiger partial charge in [-0.05, 0) is 19.9 Å². The molecule has 0 fully saturated rings. The molecule has 96 valence electrons. The standard InChI is InChI=1S/C13H28N2O/c1-4-6-7-8-9-10-13(3,15-5-2)11-12(14)16/h15H,4-11H2,1-3H3,(H2,14,16). The highest BCUT2D eigenvalue weighted by molar-refractivity contribution is 5.75. The number of unbranched alkanes of at least 4 members (excludes halogenated alkanes) is 4. The van der Waals surface area contributed by atoms with E-state index in [2.05, 4.69) is 26.1 Å². The Kier molecular flexibility index (Phi) is 8.26. The zero-order chi connectivity index (χ0) is 12.4. The van der Waals surface area contributed by atoms with Crippen LogP contribution in [0.5, 0.6) is 0 Å². The Morgan fingerprint density at radius 3 is 2.31 bits per heavy atom. The zero-order valence-corrected chi connectivity index (χ0v) is 11.1. The predicted octanol–water partition coefficient (Wildman–Crippen LogP) is 2.59. The van der Waals surface area contributed by atoms with Gasteiger partial charge in [-0.2, -0.15) is 0 Å². The molecule has 0 rings (SSSR count). The average molecular weight is 228 g/mol. The van der Waals surface area contributed by atoms with Gasteiger partial charge >= 0.3 is 0 Å². The van der Waals surface area contributed by atoms with Crippen LogP contribution in [0.25, 0.3) is 0 Å². The van der Waals surface area contributed by atoms with Crippen LogP contribution in [0.4, 0.5) is 0 Å². The van der Waals surface area contributed by atoms with E-state index in [9.17, 15) is 4.79 Å². The molecule has 0 saturated carbocycles. The van der Waals surface area contributed by atoms with Crippen LogP contribution in [-0.2, 0) is 4.79 Å². The topological polar surface area (TPSA) is 55.1 Å². The second-order valence-corrected chi connectivity index (χ2v) is 4.90. The van der Waals surface area contributed by atoms with E-state index >= 15 is 0 Å². The Morgan fingerprint density at radius 2 is 1.81 bits per heavy atom. The third-order valence-electron chi connectivity index (χ3n) is 3.00. The summed E-state index contributed by atoms with van der Waals surface area (Å²) >= 11 is 0. The van der Waals surface area contributed by atoms with Crippen molar-refractivity contribution in [2.75, 3.05) is 6.54 Å². The van der Waals surface area contributed by atoms with Crippen LogP contribution in [-0.4, -0.2) is 18.0 Å². The lowest BCUT2D eigenvalue weighted by atomic mass is 9.90. The lowest BCUT2D eigenvalue weighted by Crippen LogP contribution is -2.45. The molecule has 0 saturated heterocycles. The molecular weight excluding hydrogens is 200 g/mol. The number of nitrogens with two attached hydrogens (primary N) is 1. The molecule has 0 aliphatic carbocycles. The lowest BCUT2D eigenvalue weighted by Gasteiger charge is -2.29. The minimum atomic E-state index is -0.211. The van der Waals surface area contributed by atoms with Crippen molar-refractivity contribution < 1.29 is 4.79 Å². The van der Waals surface area contributed by atoms with Crippen LogP contribution < -0.4 is 11.1 Å². The highest BCUT2D eigenvalue weighted by atomic mass is 16.1. The maximum atomic E-state index is 11.0. The molecule has 0 aromatic carbocycles. The minimum Gasteiger partial charge on any atom is -0.370 e. The van der Waals surface area contributed by atoms with Gasteiger partial charge in [0.1, 0.15) is 0 Å². The number of hydrogen-bond acceptors (Lipinski definition) is 2. The average Bonchev–Trinajstić information content (AvgIpc) is 2.16.